The van der Waals surface area contributed by atoms with Crippen LogP contribution in [0.5, 0.6) is 0 Å². The third-order valence-electron chi connectivity index (χ3n) is 4.74. The molecule has 3 rings (SSSR count). The molecule has 0 aliphatic rings. The molecule has 3 aromatic carbocycles. The van der Waals surface area contributed by atoms with Gasteiger partial charge in [-0.15, -0.1) is 0 Å². The molecule has 0 aliphatic heterocycles. The Balaban J connectivity index is 1.53. The number of hydrogen-bond acceptors (Lipinski definition) is 4. The molecular formula is C25H26FN3O4S. The fourth-order valence-electron chi connectivity index (χ4n) is 3.13. The number of rotatable bonds is 9. The van der Waals surface area contributed by atoms with Gasteiger partial charge in [0, 0.05) is 23.5 Å². The Hall–Kier alpha value is -3.72. The first-order valence-electron chi connectivity index (χ1n) is 10.7. The number of carbonyl (C=O) groups excluding carboxylic acids is 2. The van der Waals surface area contributed by atoms with Crippen molar-refractivity contribution in [3.63, 3.8) is 0 Å². The predicted molar refractivity (Wildman–Crippen MR) is 131 cm³/mol. The Morgan fingerprint density at radius 2 is 1.26 bits per heavy atom. The molecule has 0 heterocycles. The highest BCUT2D eigenvalue weighted by Crippen LogP contribution is 2.18. The van der Waals surface area contributed by atoms with Gasteiger partial charge in [0.2, 0.25) is 11.8 Å². The van der Waals surface area contributed by atoms with E-state index < -0.39 is 15.8 Å². The number of benzene rings is 3. The van der Waals surface area contributed by atoms with Crippen molar-refractivity contribution in [1.82, 2.24) is 0 Å². The highest BCUT2D eigenvalue weighted by atomic mass is 32.2. The number of nitrogens with one attached hydrogen (secondary N) is 3. The van der Waals surface area contributed by atoms with Crippen LogP contribution in [0.2, 0.25) is 0 Å². The van der Waals surface area contributed by atoms with Gasteiger partial charge in [-0.05, 0) is 72.1 Å². The van der Waals surface area contributed by atoms with Crippen molar-refractivity contribution >= 4 is 38.9 Å². The fourth-order valence-corrected chi connectivity index (χ4v) is 4.19. The van der Waals surface area contributed by atoms with E-state index in [1.807, 2.05) is 13.8 Å². The summed E-state index contributed by atoms with van der Waals surface area (Å²) in [5, 5.41) is 5.60. The number of sulfonamides is 1. The standard InChI is InChI=1S/C25H26FN3O4S/c1-17(2)15-24(30)27-20-9-11-21(12-10-20)28-25(31)16-18-3-7-22(8-4-18)29-34(32,33)23-13-5-19(26)6-14-23/h3-14,17,29H,15-16H2,1-2H3,(H,27,30)(H,28,31). The molecule has 0 saturated carbocycles. The van der Waals surface area contributed by atoms with Crippen molar-refractivity contribution in [2.45, 2.75) is 31.6 Å². The van der Waals surface area contributed by atoms with Crippen LogP contribution in [0.3, 0.4) is 0 Å². The van der Waals surface area contributed by atoms with Crippen LogP contribution in [0.1, 0.15) is 25.8 Å². The summed E-state index contributed by atoms with van der Waals surface area (Å²) in [7, 11) is -3.85. The smallest absolute Gasteiger partial charge is 0.261 e. The monoisotopic (exact) mass is 483 g/mol. The van der Waals surface area contributed by atoms with Gasteiger partial charge in [-0.3, -0.25) is 14.3 Å². The van der Waals surface area contributed by atoms with E-state index in [4.69, 9.17) is 0 Å². The summed E-state index contributed by atoms with van der Waals surface area (Å²) in [6, 6.07) is 17.8. The van der Waals surface area contributed by atoms with Crippen molar-refractivity contribution in [3.8, 4) is 0 Å². The van der Waals surface area contributed by atoms with E-state index in [-0.39, 0.29) is 29.0 Å². The van der Waals surface area contributed by atoms with Gasteiger partial charge in [-0.25, -0.2) is 12.8 Å². The fraction of sp³-hybridized carbons (Fsp3) is 0.200. The van der Waals surface area contributed by atoms with Gasteiger partial charge >= 0.3 is 0 Å². The topological polar surface area (TPSA) is 104 Å². The molecule has 3 aromatic rings. The molecule has 7 nitrogen and oxygen atoms in total. The number of amides is 2. The maximum Gasteiger partial charge on any atom is 0.261 e. The van der Waals surface area contributed by atoms with E-state index in [1.54, 1.807) is 48.5 Å². The summed E-state index contributed by atoms with van der Waals surface area (Å²) < 4.78 is 40.2. The number of anilines is 3. The molecule has 0 radical (unpaired) electrons. The quantitative estimate of drug-likeness (QED) is 0.407. The lowest BCUT2D eigenvalue weighted by molar-refractivity contribution is -0.117. The van der Waals surface area contributed by atoms with Crippen LogP contribution in [-0.2, 0) is 26.0 Å². The minimum Gasteiger partial charge on any atom is -0.326 e. The normalized spacial score (nSPS) is 11.2. The van der Waals surface area contributed by atoms with Gasteiger partial charge in [-0.2, -0.15) is 0 Å². The average Bonchev–Trinajstić information content (AvgIpc) is 2.76. The van der Waals surface area contributed by atoms with Gasteiger partial charge in [0.15, 0.2) is 0 Å². The first kappa shape index (κ1) is 24.9. The molecule has 3 N–H and O–H groups in total. The van der Waals surface area contributed by atoms with Gasteiger partial charge in [0.25, 0.3) is 10.0 Å². The molecule has 2 amide bonds. The summed E-state index contributed by atoms with van der Waals surface area (Å²) in [6.45, 7) is 3.94. The summed E-state index contributed by atoms with van der Waals surface area (Å²) in [6.07, 6.45) is 0.531. The number of halogens is 1. The van der Waals surface area contributed by atoms with Crippen molar-refractivity contribution in [2.75, 3.05) is 15.4 Å². The highest BCUT2D eigenvalue weighted by Gasteiger charge is 2.14. The Morgan fingerprint density at radius 1 is 0.765 bits per heavy atom. The highest BCUT2D eigenvalue weighted by molar-refractivity contribution is 7.92. The molecule has 34 heavy (non-hydrogen) atoms. The summed E-state index contributed by atoms with van der Waals surface area (Å²) >= 11 is 0. The van der Waals surface area contributed by atoms with Gasteiger partial charge < -0.3 is 10.6 Å². The number of hydrogen-bond donors (Lipinski definition) is 3. The first-order valence-corrected chi connectivity index (χ1v) is 12.2. The Morgan fingerprint density at radius 3 is 1.79 bits per heavy atom. The van der Waals surface area contributed by atoms with E-state index in [2.05, 4.69) is 15.4 Å². The summed E-state index contributed by atoms with van der Waals surface area (Å²) in [5.41, 5.74) is 2.27. The third kappa shape index (κ3) is 7.41. The first-order chi connectivity index (χ1) is 16.1. The lowest BCUT2D eigenvalue weighted by atomic mass is 10.1. The lowest BCUT2D eigenvalue weighted by Crippen LogP contribution is -2.15. The molecule has 0 bridgehead atoms. The van der Waals surface area contributed by atoms with Crippen molar-refractivity contribution in [3.05, 3.63) is 84.2 Å². The minimum atomic E-state index is -3.85. The van der Waals surface area contributed by atoms with Crippen molar-refractivity contribution < 1.29 is 22.4 Å². The van der Waals surface area contributed by atoms with Crippen LogP contribution in [-0.4, -0.2) is 20.2 Å². The predicted octanol–water partition coefficient (Wildman–Crippen LogP) is 4.79. The van der Waals surface area contributed by atoms with Crippen LogP contribution in [0.4, 0.5) is 21.5 Å². The third-order valence-corrected chi connectivity index (χ3v) is 6.14. The Bertz CT molecular complexity index is 1240. The zero-order valence-electron chi connectivity index (χ0n) is 18.8. The second-order valence-corrected chi connectivity index (χ2v) is 9.89. The largest absolute Gasteiger partial charge is 0.326 e. The zero-order valence-corrected chi connectivity index (χ0v) is 19.7. The molecule has 0 saturated heterocycles. The van der Waals surface area contributed by atoms with Gasteiger partial charge in [0.05, 0.1) is 11.3 Å². The van der Waals surface area contributed by atoms with Crippen LogP contribution in [0.15, 0.2) is 77.7 Å². The van der Waals surface area contributed by atoms with E-state index in [9.17, 15) is 22.4 Å². The van der Waals surface area contributed by atoms with Crippen LogP contribution >= 0.6 is 0 Å². The lowest BCUT2D eigenvalue weighted by Gasteiger charge is -2.10. The molecule has 0 fully saturated rings. The van der Waals surface area contributed by atoms with E-state index in [0.717, 1.165) is 12.1 Å². The molecule has 9 heteroatoms. The van der Waals surface area contributed by atoms with Crippen LogP contribution in [0, 0.1) is 11.7 Å². The zero-order chi connectivity index (χ0) is 24.7. The molecule has 0 aliphatic carbocycles. The van der Waals surface area contributed by atoms with E-state index in [0.29, 0.717) is 29.0 Å². The van der Waals surface area contributed by atoms with Gasteiger partial charge in [-0.1, -0.05) is 26.0 Å². The van der Waals surface area contributed by atoms with Crippen LogP contribution < -0.4 is 15.4 Å². The maximum absolute atomic E-state index is 13.0. The SMILES string of the molecule is CC(C)CC(=O)Nc1ccc(NC(=O)Cc2ccc(NS(=O)(=O)c3ccc(F)cc3)cc2)cc1. The van der Waals surface area contributed by atoms with E-state index >= 15 is 0 Å². The average molecular weight is 484 g/mol. The van der Waals surface area contributed by atoms with Gasteiger partial charge in [0.1, 0.15) is 5.82 Å². The minimum absolute atomic E-state index is 0.0529. The molecular weight excluding hydrogens is 457 g/mol. The molecule has 0 aromatic heterocycles. The van der Waals surface area contributed by atoms with Crippen LogP contribution in [0.25, 0.3) is 0 Å². The molecule has 0 unspecified atom stereocenters. The Labute approximate surface area is 198 Å². The second kappa shape index (κ2) is 10.9. The summed E-state index contributed by atoms with van der Waals surface area (Å²) in [5.74, 6) is -0.556. The van der Waals surface area contributed by atoms with E-state index in [1.165, 1.54) is 12.1 Å². The van der Waals surface area contributed by atoms with Crippen molar-refractivity contribution in [1.29, 1.82) is 0 Å². The molecule has 178 valence electrons. The number of carbonyl (C=O) groups is 2. The summed E-state index contributed by atoms with van der Waals surface area (Å²) in [4.78, 5) is 24.2. The molecule has 0 atom stereocenters. The Kier molecular flexibility index (Phi) is 8.01. The second-order valence-electron chi connectivity index (χ2n) is 8.20. The molecule has 0 spiro atoms. The maximum atomic E-state index is 13.0. The van der Waals surface area contributed by atoms with Crippen molar-refractivity contribution in [2.24, 2.45) is 5.92 Å².